The highest BCUT2D eigenvalue weighted by Crippen LogP contribution is 2.42. The molecule has 4 amide bonds. The first-order chi connectivity index (χ1) is 32.4. The summed E-state index contributed by atoms with van der Waals surface area (Å²) in [6, 6.07) is 12.4. The van der Waals surface area contributed by atoms with E-state index in [1.54, 1.807) is 37.4 Å². The molecule has 16 nitrogen and oxygen atoms in total. The Labute approximate surface area is 399 Å². The SMILES string of the molecule is CCn1c(-c2cccnc2[C@H](C)OC)c2c3cc(ccc31)-c1cc(O)cc(c1)C[C@H](NC(=O)[C@H](C(C)C)N(C)C(=O)[C@@H]1CN(C(=O)[C@H]3CN3)C[C@@H]1C)C(=O)N1CCC[C@H](N1)C(=O)OCC(C)(C)C2. The lowest BCUT2D eigenvalue weighted by Crippen LogP contribution is -2.62. The van der Waals surface area contributed by atoms with E-state index in [2.05, 4.69) is 59.6 Å². The number of nitrogens with one attached hydrogen (secondary N) is 3. The minimum absolute atomic E-state index is 0.00676. The highest BCUT2D eigenvalue weighted by atomic mass is 16.5. The Morgan fingerprint density at radius 2 is 1.84 bits per heavy atom. The second-order valence-electron chi connectivity index (χ2n) is 20.5. The van der Waals surface area contributed by atoms with Crippen molar-refractivity contribution >= 4 is 40.5 Å². The van der Waals surface area contributed by atoms with Crippen LogP contribution in [-0.2, 0) is 52.8 Å². The first-order valence-corrected chi connectivity index (χ1v) is 24.2. The number of methoxy groups -OCH3 is 1. The molecular weight excluding hydrogens is 865 g/mol. The fourth-order valence-electron chi connectivity index (χ4n) is 10.6. The van der Waals surface area contributed by atoms with Gasteiger partial charge in [0.2, 0.25) is 17.7 Å². The Kier molecular flexibility index (Phi) is 14.0. The lowest BCUT2D eigenvalue weighted by atomic mass is 9.84. The van der Waals surface area contributed by atoms with Gasteiger partial charge in [-0.05, 0) is 104 Å². The van der Waals surface area contributed by atoms with Crippen molar-refractivity contribution in [3.05, 3.63) is 71.5 Å². The summed E-state index contributed by atoms with van der Waals surface area (Å²) < 4.78 is 14.2. The number of likely N-dealkylation sites (N-methyl/N-ethyl adjacent to an activating group) is 1. The Morgan fingerprint density at radius 1 is 1.07 bits per heavy atom. The van der Waals surface area contributed by atoms with Crippen LogP contribution < -0.4 is 16.1 Å². The fourth-order valence-corrected chi connectivity index (χ4v) is 10.6. The fraction of sp³-hybridized carbons (Fsp3) is 0.538. The van der Waals surface area contributed by atoms with Crippen LogP contribution in [0.15, 0.2) is 54.7 Å². The lowest BCUT2D eigenvalue weighted by Gasteiger charge is -2.37. The first kappa shape index (κ1) is 48.6. The van der Waals surface area contributed by atoms with Gasteiger partial charge in [-0.15, -0.1) is 0 Å². The van der Waals surface area contributed by atoms with Crippen LogP contribution >= 0.6 is 0 Å². The number of carbonyl (C=O) groups excluding carboxylic acids is 5. The zero-order chi connectivity index (χ0) is 48.8. The number of aryl methyl sites for hydroxylation is 1. The number of rotatable bonds is 10. The number of nitrogens with zero attached hydrogens (tertiary/aromatic N) is 5. The smallest absolute Gasteiger partial charge is 0.324 e. The number of pyridine rings is 1. The van der Waals surface area contributed by atoms with Crippen LogP contribution in [0.1, 0.15) is 84.2 Å². The molecule has 0 aliphatic carbocycles. The maximum absolute atomic E-state index is 14.8. The maximum Gasteiger partial charge on any atom is 0.324 e. The number of amides is 4. The average molecular weight is 933 g/mol. The zero-order valence-electron chi connectivity index (χ0n) is 40.9. The molecule has 0 saturated carbocycles. The summed E-state index contributed by atoms with van der Waals surface area (Å²) >= 11 is 0. The van der Waals surface area contributed by atoms with Crippen LogP contribution in [0.2, 0.25) is 0 Å². The number of cyclic esters (lactones) is 1. The number of aromatic hydroxyl groups is 1. The number of phenols is 1. The molecule has 364 valence electrons. The molecule has 4 N–H and O–H groups in total. The van der Waals surface area contributed by atoms with Crippen LogP contribution in [0, 0.1) is 23.2 Å². The van der Waals surface area contributed by atoms with Gasteiger partial charge in [0.1, 0.15) is 23.9 Å². The summed E-state index contributed by atoms with van der Waals surface area (Å²) in [6.45, 7) is 16.3. The molecule has 0 unspecified atom stereocenters. The van der Waals surface area contributed by atoms with E-state index in [-0.39, 0.29) is 67.7 Å². The molecule has 3 fully saturated rings. The minimum Gasteiger partial charge on any atom is -0.508 e. The van der Waals surface area contributed by atoms with Gasteiger partial charge in [0.15, 0.2) is 0 Å². The number of aromatic nitrogens is 2. The molecule has 0 spiro atoms. The third-order valence-corrected chi connectivity index (χ3v) is 14.3. The highest BCUT2D eigenvalue weighted by molar-refractivity contribution is 5.96. The van der Waals surface area contributed by atoms with Crippen LogP contribution in [0.3, 0.4) is 0 Å². The number of hydrogen-bond donors (Lipinski definition) is 4. The number of carbonyl (C=O) groups is 5. The zero-order valence-corrected chi connectivity index (χ0v) is 40.9. The summed E-state index contributed by atoms with van der Waals surface area (Å²) in [7, 11) is 3.28. The van der Waals surface area contributed by atoms with Crippen molar-refractivity contribution in [1.29, 1.82) is 0 Å². The molecule has 8 rings (SSSR count). The predicted molar refractivity (Wildman–Crippen MR) is 258 cm³/mol. The first-order valence-electron chi connectivity index (χ1n) is 24.2. The number of fused-ring (bicyclic) bond motifs is 6. The van der Waals surface area contributed by atoms with Gasteiger partial charge >= 0.3 is 5.97 Å². The van der Waals surface area contributed by atoms with Crippen molar-refractivity contribution < 1.29 is 38.6 Å². The molecule has 6 heterocycles. The number of phenolic OH excluding ortho intramolecular Hbond substituents is 1. The van der Waals surface area contributed by atoms with Crippen LogP contribution in [0.4, 0.5) is 0 Å². The third-order valence-electron chi connectivity index (χ3n) is 14.3. The third kappa shape index (κ3) is 9.86. The van der Waals surface area contributed by atoms with E-state index < -0.39 is 47.2 Å². The van der Waals surface area contributed by atoms with Gasteiger partial charge in [-0.3, -0.25) is 34.0 Å². The summed E-state index contributed by atoms with van der Waals surface area (Å²) in [4.78, 5) is 78.5. The summed E-state index contributed by atoms with van der Waals surface area (Å²) in [5, 5.41) is 19.8. The Hall–Kier alpha value is -5.84. The molecule has 4 aromatic rings. The molecule has 0 radical (unpaired) electrons. The van der Waals surface area contributed by atoms with Crippen molar-refractivity contribution in [1.82, 2.24) is 40.4 Å². The molecule has 7 atom stereocenters. The van der Waals surface area contributed by atoms with Crippen LogP contribution in [-0.4, -0.2) is 130 Å². The second-order valence-corrected chi connectivity index (χ2v) is 20.5. The van der Waals surface area contributed by atoms with Crippen molar-refractivity contribution in [2.24, 2.45) is 23.2 Å². The Balaban J connectivity index is 1.18. The van der Waals surface area contributed by atoms with E-state index >= 15 is 0 Å². The van der Waals surface area contributed by atoms with Crippen molar-refractivity contribution in [3.8, 4) is 28.1 Å². The standard InChI is InChI=1S/C52H68N8O8/c1-10-59-43-16-15-33-23-37(43)38(46(59)36-13-11-17-53-44(36)31(5)67-9)24-52(6,7)28-68-51(66)40-14-12-18-60(56-40)50(65)41(21-32-19-34(33)22-35(61)20-32)55-47(62)45(29(2)3)57(8)48(63)39-27-58(26-30(39)4)49(64)42-25-54-42/h11,13,15-17,19-20,22-23,29-31,39-42,45,54,56,61H,10,12,14,18,21,24-28H2,1-9H3,(H,55,62)/t30-,31-,39+,40-,41-,42+,45-/m0/s1. The van der Waals surface area contributed by atoms with E-state index in [0.29, 0.717) is 44.5 Å². The van der Waals surface area contributed by atoms with E-state index in [1.165, 1.54) is 9.91 Å². The molecule has 68 heavy (non-hydrogen) atoms. The number of benzene rings is 2. The number of esters is 1. The van der Waals surface area contributed by atoms with Gasteiger partial charge in [-0.25, -0.2) is 5.43 Å². The second kappa shape index (κ2) is 19.6. The lowest BCUT2D eigenvalue weighted by molar-refractivity contribution is -0.155. The van der Waals surface area contributed by atoms with Crippen LogP contribution in [0.5, 0.6) is 5.75 Å². The van der Waals surface area contributed by atoms with Crippen molar-refractivity contribution in [3.63, 3.8) is 0 Å². The van der Waals surface area contributed by atoms with Crippen molar-refractivity contribution in [2.45, 2.75) is 111 Å². The van der Waals surface area contributed by atoms with E-state index in [9.17, 15) is 29.1 Å². The van der Waals surface area contributed by atoms with Gasteiger partial charge in [0, 0.05) is 81.4 Å². The quantitative estimate of drug-likeness (QED) is 0.123. The van der Waals surface area contributed by atoms with Crippen LogP contribution in [0.25, 0.3) is 33.3 Å². The topological polar surface area (TPSA) is 198 Å². The minimum atomic E-state index is -1.16. The van der Waals surface area contributed by atoms with E-state index in [0.717, 1.165) is 44.5 Å². The largest absolute Gasteiger partial charge is 0.508 e. The number of hydrogen-bond acceptors (Lipinski definition) is 11. The normalized spacial score (nSPS) is 23.8. The molecule has 16 heteroatoms. The molecule has 2 aromatic carbocycles. The summed E-state index contributed by atoms with van der Waals surface area (Å²) in [5.74, 6) is -2.67. The number of hydrazine groups is 1. The Bertz CT molecular complexity index is 2590. The van der Waals surface area contributed by atoms with Crippen molar-refractivity contribution in [2.75, 3.05) is 46.9 Å². The van der Waals surface area contributed by atoms with Gasteiger partial charge in [-0.1, -0.05) is 46.8 Å². The average Bonchev–Trinajstić information content (AvgIpc) is 4.03. The molecule has 3 saturated heterocycles. The molecule has 2 aromatic heterocycles. The Morgan fingerprint density at radius 3 is 2.54 bits per heavy atom. The summed E-state index contributed by atoms with van der Waals surface area (Å²) in [5.41, 5.74) is 9.57. The van der Waals surface area contributed by atoms with Gasteiger partial charge in [0.05, 0.1) is 36.1 Å². The number of likely N-dealkylation sites (tertiary alicyclic amines) is 1. The number of ether oxygens (including phenoxy) is 2. The van der Waals surface area contributed by atoms with E-state index in [1.807, 2.05) is 45.9 Å². The molecule has 4 aliphatic heterocycles. The monoisotopic (exact) mass is 933 g/mol. The highest BCUT2D eigenvalue weighted by Gasteiger charge is 2.45. The van der Waals surface area contributed by atoms with Gasteiger partial charge in [0.25, 0.3) is 5.91 Å². The van der Waals surface area contributed by atoms with Gasteiger partial charge in [-0.2, -0.15) is 0 Å². The maximum atomic E-state index is 14.8. The molecular formula is C52H68N8O8. The predicted octanol–water partition coefficient (Wildman–Crippen LogP) is 5.00. The van der Waals surface area contributed by atoms with E-state index in [4.69, 9.17) is 14.5 Å². The summed E-state index contributed by atoms with van der Waals surface area (Å²) in [6.07, 6.45) is 2.98. The molecule has 6 bridgehead atoms. The molecule has 4 aliphatic rings. The van der Waals surface area contributed by atoms with Gasteiger partial charge < -0.3 is 39.6 Å².